The first-order valence-corrected chi connectivity index (χ1v) is 8.76. The molecule has 0 aliphatic heterocycles. The molecule has 0 radical (unpaired) electrons. The van der Waals surface area contributed by atoms with Gasteiger partial charge < -0.3 is 15.6 Å². The van der Waals surface area contributed by atoms with Crippen LogP contribution in [0, 0.1) is 11.6 Å². The van der Waals surface area contributed by atoms with E-state index in [-0.39, 0.29) is 29.1 Å². The molecule has 0 aliphatic carbocycles. The molecule has 9 heteroatoms. The minimum Gasteiger partial charge on any atom is -0.485 e. The van der Waals surface area contributed by atoms with Crippen molar-refractivity contribution in [1.82, 2.24) is 14.8 Å². The van der Waals surface area contributed by atoms with Gasteiger partial charge in [-0.15, -0.1) is 0 Å². The highest BCUT2D eigenvalue weighted by molar-refractivity contribution is 5.83. The molecule has 2 aromatic heterocycles. The molecule has 0 atom stereocenters. The minimum absolute atomic E-state index is 0.0230. The number of nitrogens with zero attached hydrogens (tertiary/aromatic N) is 3. The summed E-state index contributed by atoms with van der Waals surface area (Å²) < 4.78 is 34.8. The lowest BCUT2D eigenvalue weighted by Gasteiger charge is -2.13. The van der Waals surface area contributed by atoms with Crippen molar-refractivity contribution < 1.29 is 23.4 Å². The SMILES string of the molecule is CO.Nc1nc2c(F)cc(F)cc2cc1OCc1cc(C=O)ccc1-n1cccn1. The lowest BCUT2D eigenvalue weighted by molar-refractivity contribution is 0.112. The second-order valence-corrected chi connectivity index (χ2v) is 6.08. The van der Waals surface area contributed by atoms with Crippen LogP contribution in [0.4, 0.5) is 14.6 Å². The highest BCUT2D eigenvalue weighted by Crippen LogP contribution is 2.28. The molecule has 0 amide bonds. The van der Waals surface area contributed by atoms with Gasteiger partial charge in [-0.05, 0) is 36.4 Å². The summed E-state index contributed by atoms with van der Waals surface area (Å²) in [4.78, 5) is 15.1. The predicted octanol–water partition coefficient (Wildman–Crippen LogP) is 3.28. The van der Waals surface area contributed by atoms with Gasteiger partial charge in [-0.1, -0.05) is 0 Å². The summed E-state index contributed by atoms with van der Waals surface area (Å²) >= 11 is 0. The number of aliphatic hydroxyl groups excluding tert-OH is 1. The first kappa shape index (κ1) is 20.9. The first-order chi connectivity index (χ1) is 14.5. The number of hydrogen-bond donors (Lipinski definition) is 2. The summed E-state index contributed by atoms with van der Waals surface area (Å²) in [5, 5.41) is 11.4. The van der Waals surface area contributed by atoms with E-state index >= 15 is 0 Å². The van der Waals surface area contributed by atoms with E-state index in [1.54, 1.807) is 41.3 Å². The van der Waals surface area contributed by atoms with Crippen LogP contribution in [0.5, 0.6) is 5.75 Å². The zero-order valence-electron chi connectivity index (χ0n) is 15.9. The molecule has 154 valence electrons. The zero-order chi connectivity index (χ0) is 21.7. The fraction of sp³-hybridized carbons (Fsp3) is 0.0952. The van der Waals surface area contributed by atoms with Gasteiger partial charge in [-0.2, -0.15) is 5.10 Å². The van der Waals surface area contributed by atoms with Crippen molar-refractivity contribution in [2.24, 2.45) is 0 Å². The van der Waals surface area contributed by atoms with E-state index in [1.807, 2.05) is 0 Å². The number of pyridine rings is 1. The highest BCUT2D eigenvalue weighted by Gasteiger charge is 2.13. The number of hydrogen-bond acceptors (Lipinski definition) is 6. The first-order valence-electron chi connectivity index (χ1n) is 8.76. The number of aromatic nitrogens is 3. The Labute approximate surface area is 170 Å². The molecule has 0 saturated carbocycles. The van der Waals surface area contributed by atoms with Crippen molar-refractivity contribution in [3.63, 3.8) is 0 Å². The predicted molar refractivity (Wildman–Crippen MR) is 107 cm³/mol. The van der Waals surface area contributed by atoms with Gasteiger partial charge in [0.15, 0.2) is 17.4 Å². The van der Waals surface area contributed by atoms with Crippen LogP contribution in [0.15, 0.2) is 54.9 Å². The van der Waals surface area contributed by atoms with Gasteiger partial charge >= 0.3 is 0 Å². The third kappa shape index (κ3) is 4.26. The summed E-state index contributed by atoms with van der Waals surface area (Å²) in [6.45, 7) is 0.0477. The van der Waals surface area contributed by atoms with Crippen molar-refractivity contribution >= 4 is 23.0 Å². The Hall–Kier alpha value is -3.85. The summed E-state index contributed by atoms with van der Waals surface area (Å²) in [6.07, 6.45) is 4.12. The quantitative estimate of drug-likeness (QED) is 0.488. The molecule has 0 fully saturated rings. The Morgan fingerprint density at radius 3 is 2.70 bits per heavy atom. The number of aldehydes is 1. The Bertz CT molecular complexity index is 1180. The summed E-state index contributed by atoms with van der Waals surface area (Å²) in [5.74, 6) is -1.36. The van der Waals surface area contributed by atoms with Gasteiger partial charge in [0, 0.05) is 42.1 Å². The fourth-order valence-electron chi connectivity index (χ4n) is 2.90. The molecule has 0 aliphatic rings. The van der Waals surface area contributed by atoms with E-state index < -0.39 is 11.6 Å². The smallest absolute Gasteiger partial charge is 0.166 e. The Morgan fingerprint density at radius 2 is 2.00 bits per heavy atom. The molecule has 0 unspecified atom stereocenters. The van der Waals surface area contributed by atoms with Crippen molar-refractivity contribution in [2.45, 2.75) is 6.61 Å². The number of benzene rings is 2. The molecular formula is C21H18F2N4O3. The van der Waals surface area contributed by atoms with Crippen molar-refractivity contribution in [3.8, 4) is 11.4 Å². The third-order valence-corrected chi connectivity index (χ3v) is 4.20. The topological polar surface area (TPSA) is 103 Å². The maximum absolute atomic E-state index is 13.9. The number of ether oxygens (including phenoxy) is 1. The second-order valence-electron chi connectivity index (χ2n) is 6.08. The normalized spacial score (nSPS) is 10.4. The molecule has 0 saturated heterocycles. The van der Waals surface area contributed by atoms with Crippen LogP contribution in [-0.2, 0) is 6.61 Å². The summed E-state index contributed by atoms with van der Waals surface area (Å²) in [6, 6.07) is 10.2. The van der Waals surface area contributed by atoms with Crippen LogP contribution in [-0.4, -0.2) is 33.3 Å². The largest absolute Gasteiger partial charge is 0.485 e. The number of carbonyl (C=O) groups excluding carboxylic acids is 1. The fourth-order valence-corrected chi connectivity index (χ4v) is 2.90. The van der Waals surface area contributed by atoms with Crippen molar-refractivity contribution in [1.29, 1.82) is 0 Å². The van der Waals surface area contributed by atoms with Gasteiger partial charge in [0.2, 0.25) is 0 Å². The van der Waals surface area contributed by atoms with Crippen LogP contribution < -0.4 is 10.5 Å². The van der Waals surface area contributed by atoms with E-state index in [4.69, 9.17) is 15.6 Å². The Morgan fingerprint density at radius 1 is 1.20 bits per heavy atom. The monoisotopic (exact) mass is 412 g/mol. The van der Waals surface area contributed by atoms with Crippen molar-refractivity contribution in [2.75, 3.05) is 12.8 Å². The van der Waals surface area contributed by atoms with Gasteiger partial charge in [0.25, 0.3) is 0 Å². The van der Waals surface area contributed by atoms with E-state index in [2.05, 4.69) is 10.1 Å². The summed E-state index contributed by atoms with van der Waals surface area (Å²) in [7, 11) is 1.00. The van der Waals surface area contributed by atoms with Gasteiger partial charge in [0.1, 0.15) is 24.2 Å². The number of anilines is 1. The molecule has 7 nitrogen and oxygen atoms in total. The molecule has 4 aromatic rings. The Kier molecular flexibility index (Phi) is 6.33. The average molecular weight is 412 g/mol. The highest BCUT2D eigenvalue weighted by atomic mass is 19.1. The number of aliphatic hydroxyl groups is 1. The van der Waals surface area contributed by atoms with Gasteiger partial charge in [-0.3, -0.25) is 4.79 Å². The van der Waals surface area contributed by atoms with E-state index in [9.17, 15) is 13.6 Å². The van der Waals surface area contributed by atoms with Crippen LogP contribution in [0.25, 0.3) is 16.6 Å². The minimum atomic E-state index is -0.798. The molecule has 4 rings (SSSR count). The van der Waals surface area contributed by atoms with Crippen LogP contribution >= 0.6 is 0 Å². The lowest BCUT2D eigenvalue weighted by Crippen LogP contribution is -2.06. The molecule has 2 aromatic carbocycles. The molecule has 30 heavy (non-hydrogen) atoms. The Balaban J connectivity index is 0.00000124. The van der Waals surface area contributed by atoms with Crippen LogP contribution in [0.1, 0.15) is 15.9 Å². The number of nitrogen functional groups attached to an aromatic ring is 1. The van der Waals surface area contributed by atoms with E-state index in [0.717, 1.165) is 31.2 Å². The third-order valence-electron chi connectivity index (χ3n) is 4.20. The number of carbonyl (C=O) groups is 1. The lowest BCUT2D eigenvalue weighted by atomic mass is 10.1. The van der Waals surface area contributed by atoms with Crippen LogP contribution in [0.2, 0.25) is 0 Å². The molecule has 3 N–H and O–H groups in total. The molecule has 0 bridgehead atoms. The number of rotatable bonds is 5. The molecule has 2 heterocycles. The van der Waals surface area contributed by atoms with Gasteiger partial charge in [0.05, 0.1) is 5.69 Å². The van der Waals surface area contributed by atoms with Crippen LogP contribution in [0.3, 0.4) is 0 Å². The maximum Gasteiger partial charge on any atom is 0.166 e. The standard InChI is InChI=1S/C20H14F2N4O2.CH4O/c21-15-7-13-8-18(20(23)25-19(13)16(22)9-15)28-11-14-6-12(10-27)2-3-17(14)26-5-1-4-24-26;1-2/h1-10H,11H2,(H2,23,25);2H,1H3. The number of halogens is 2. The second kappa shape index (κ2) is 9.10. The van der Waals surface area contributed by atoms with E-state index in [1.165, 1.54) is 6.07 Å². The number of nitrogens with two attached hydrogens (primary N) is 1. The van der Waals surface area contributed by atoms with Crippen molar-refractivity contribution in [3.05, 3.63) is 77.6 Å². The van der Waals surface area contributed by atoms with E-state index in [0.29, 0.717) is 11.1 Å². The zero-order valence-corrected chi connectivity index (χ0v) is 15.9. The average Bonchev–Trinajstić information content (AvgIpc) is 3.29. The molecular weight excluding hydrogens is 394 g/mol. The van der Waals surface area contributed by atoms with Gasteiger partial charge in [-0.25, -0.2) is 18.4 Å². The summed E-state index contributed by atoms with van der Waals surface area (Å²) in [5.41, 5.74) is 7.72. The maximum atomic E-state index is 13.9. The number of fused-ring (bicyclic) bond motifs is 1. The molecule has 0 spiro atoms.